The molecule has 0 saturated carbocycles. The number of nitrogens with zero attached hydrogens (tertiary/aromatic N) is 6. The highest BCUT2D eigenvalue weighted by Gasteiger charge is 2.45. The van der Waals surface area contributed by atoms with Crippen molar-refractivity contribution in [3.63, 3.8) is 0 Å². The highest BCUT2D eigenvalue weighted by molar-refractivity contribution is 5.96. The van der Waals surface area contributed by atoms with E-state index in [1.165, 1.54) is 70.7 Å². The van der Waals surface area contributed by atoms with E-state index in [4.69, 9.17) is 15.2 Å². The van der Waals surface area contributed by atoms with E-state index in [2.05, 4.69) is 26.2 Å². The van der Waals surface area contributed by atoms with Gasteiger partial charge in [0.25, 0.3) is 5.91 Å². The standard InChI is InChI=1S/C64H117N11O15/c1-21-22-49(58(84)69-63(15,37-77)90-56(42(8)9)62(88)71(17)50(57(65)83)31-40(4)5)66-34-43(10)32-48(36-76)68-64(38-78,33-41(6)7)74(20)52(82)35-70(16)60(86)53(46(13)79)67-59(85)54(45(12)44(11)25-26-75-27-29-89-30-28-75)73(19)61(87)55(47(14)80)72(18)51(81)24-23-39(2)3/h36-50,53-56,66,68,79-80H,21-35H2,1-20H3,(H2,65,83)(H,67,85)(H,69,84). The summed E-state index contributed by atoms with van der Waals surface area (Å²) in [7, 11) is 6.92. The Bertz CT molecular complexity index is 2320. The third-order valence-electron chi connectivity index (χ3n) is 17.1. The Balaban J connectivity index is 3.47. The lowest BCUT2D eigenvalue weighted by Crippen LogP contribution is -2.66. The highest BCUT2D eigenvalue weighted by Crippen LogP contribution is 2.27. The van der Waals surface area contributed by atoms with E-state index in [0.717, 1.165) is 22.9 Å². The van der Waals surface area contributed by atoms with Crippen molar-refractivity contribution in [1.82, 2.24) is 50.7 Å². The van der Waals surface area contributed by atoms with Gasteiger partial charge in [-0.05, 0) is 114 Å². The number of rotatable bonds is 43. The predicted octanol–water partition coefficient (Wildman–Crippen LogP) is 1.55. The number of aliphatic hydroxyl groups excluding tert-OH is 2. The fraction of sp³-hybridized carbons (Fsp3) is 0.828. The molecule has 26 nitrogen and oxygen atoms in total. The van der Waals surface area contributed by atoms with Gasteiger partial charge in [-0.1, -0.05) is 89.5 Å². The summed E-state index contributed by atoms with van der Waals surface area (Å²) in [6, 6.07) is -7.16. The predicted molar refractivity (Wildman–Crippen MR) is 342 cm³/mol. The molecule has 1 fully saturated rings. The van der Waals surface area contributed by atoms with Crippen LogP contribution < -0.4 is 27.0 Å². The molecular weight excluding hydrogens is 1160 g/mol. The summed E-state index contributed by atoms with van der Waals surface area (Å²) in [5.74, 6) is -7.08. The maximum absolute atomic E-state index is 14.8. The Kier molecular flexibility index (Phi) is 35.9. The molecule has 0 radical (unpaired) electrons. The number of aldehydes is 3. The zero-order valence-corrected chi connectivity index (χ0v) is 58.0. The molecule has 0 bridgehead atoms. The number of amides is 8. The maximum atomic E-state index is 14.8. The second-order valence-electron chi connectivity index (χ2n) is 27.1. The molecule has 1 aliphatic rings. The van der Waals surface area contributed by atoms with Crippen molar-refractivity contribution in [2.24, 2.45) is 47.2 Å². The van der Waals surface area contributed by atoms with Crippen molar-refractivity contribution < 1.29 is 72.4 Å². The average molecular weight is 1280 g/mol. The van der Waals surface area contributed by atoms with Gasteiger partial charge in [-0.25, -0.2) is 0 Å². The van der Waals surface area contributed by atoms with Crippen LogP contribution in [0.1, 0.15) is 155 Å². The third kappa shape index (κ3) is 25.5. The zero-order chi connectivity index (χ0) is 69.3. The second-order valence-corrected chi connectivity index (χ2v) is 27.1. The minimum Gasteiger partial charge on any atom is -0.391 e. The Morgan fingerprint density at radius 1 is 0.700 bits per heavy atom. The van der Waals surface area contributed by atoms with Crippen LogP contribution in [0.5, 0.6) is 0 Å². The Labute approximate surface area is 536 Å². The highest BCUT2D eigenvalue weighted by atomic mass is 16.5. The van der Waals surface area contributed by atoms with Gasteiger partial charge >= 0.3 is 0 Å². The number of aliphatic hydroxyl groups is 2. The number of carbonyl (C=O) groups is 11. The number of ether oxygens (including phenoxy) is 2. The molecule has 0 aromatic carbocycles. The fourth-order valence-corrected chi connectivity index (χ4v) is 11.3. The van der Waals surface area contributed by atoms with Gasteiger partial charge in [0.05, 0.1) is 44.1 Å². The van der Waals surface area contributed by atoms with Gasteiger partial charge in [0, 0.05) is 54.7 Å². The molecule has 8 amide bonds. The largest absolute Gasteiger partial charge is 0.391 e. The summed E-state index contributed by atoms with van der Waals surface area (Å²) < 4.78 is 11.6. The Morgan fingerprint density at radius 3 is 1.78 bits per heavy atom. The molecule has 1 rings (SSSR count). The van der Waals surface area contributed by atoms with Gasteiger partial charge in [0.1, 0.15) is 36.6 Å². The summed E-state index contributed by atoms with van der Waals surface area (Å²) in [6.07, 6.45) is -0.0521. The van der Waals surface area contributed by atoms with E-state index in [1.807, 2.05) is 62.3 Å². The molecule has 1 heterocycles. The van der Waals surface area contributed by atoms with Gasteiger partial charge in [-0.3, -0.25) is 58.2 Å². The molecule has 14 unspecified atom stereocenters. The van der Waals surface area contributed by atoms with Crippen molar-refractivity contribution in [3.05, 3.63) is 0 Å². The molecule has 518 valence electrons. The number of carbonyl (C=O) groups excluding carboxylic acids is 11. The van der Waals surface area contributed by atoms with E-state index >= 15 is 0 Å². The van der Waals surface area contributed by atoms with Crippen LogP contribution in [-0.2, 0) is 62.2 Å². The first-order valence-corrected chi connectivity index (χ1v) is 32.3. The number of nitrogens with one attached hydrogen (secondary N) is 4. The normalized spacial score (nSPS) is 18.4. The van der Waals surface area contributed by atoms with E-state index in [0.29, 0.717) is 70.7 Å². The van der Waals surface area contributed by atoms with Gasteiger partial charge in [0.15, 0.2) is 24.0 Å². The molecule has 0 aliphatic carbocycles. The molecule has 8 N–H and O–H groups in total. The number of hydrogen-bond acceptors (Lipinski definition) is 18. The Hall–Kier alpha value is -5.51. The third-order valence-corrected chi connectivity index (χ3v) is 17.1. The fourth-order valence-electron chi connectivity index (χ4n) is 11.3. The zero-order valence-electron chi connectivity index (χ0n) is 58.0. The second kappa shape index (κ2) is 39.1. The first-order chi connectivity index (χ1) is 41.8. The van der Waals surface area contributed by atoms with Crippen molar-refractivity contribution in [2.45, 2.75) is 221 Å². The van der Waals surface area contributed by atoms with Crippen molar-refractivity contribution in [3.8, 4) is 0 Å². The van der Waals surface area contributed by atoms with Crippen LogP contribution in [0.25, 0.3) is 0 Å². The summed E-state index contributed by atoms with van der Waals surface area (Å²) >= 11 is 0. The number of morpholine rings is 1. The SMILES string of the molecule is CCCC(NCC(C)CC(C=O)NC(C=O)(CC(C)C)N(C)C(=O)CN(C)C(=O)C(NC(=O)C(C(C)C(C)CCN1CCOCC1)N(C)C(=O)C(C(C)O)N(C)C(=O)CCC(C)C)C(C)O)C(=O)NC(C)(C=O)OC(C(=O)N(C)C(CC(C)C)C(N)=O)C(C)C. The number of primary amides is 1. The molecule has 26 heteroatoms. The summed E-state index contributed by atoms with van der Waals surface area (Å²) in [5.41, 5.74) is 1.89. The molecule has 1 aliphatic heterocycles. The first kappa shape index (κ1) is 82.5. The average Bonchev–Trinajstić information content (AvgIpc) is 1.09. The number of likely N-dealkylation sites (N-methyl/N-ethyl adjacent to an activating group) is 5. The lowest BCUT2D eigenvalue weighted by atomic mass is 9.84. The molecular formula is C64H117N11O15. The van der Waals surface area contributed by atoms with Crippen molar-refractivity contribution >= 4 is 66.1 Å². The minimum absolute atomic E-state index is 0.0216. The van der Waals surface area contributed by atoms with E-state index in [-0.39, 0.29) is 61.3 Å². The van der Waals surface area contributed by atoms with E-state index < -0.39 is 126 Å². The van der Waals surface area contributed by atoms with Crippen LogP contribution in [-0.4, -0.2) is 253 Å². The van der Waals surface area contributed by atoms with Crippen LogP contribution >= 0.6 is 0 Å². The van der Waals surface area contributed by atoms with Gasteiger partial charge in [-0.15, -0.1) is 0 Å². The van der Waals surface area contributed by atoms with Gasteiger partial charge < -0.3 is 70.7 Å². The number of nitrogens with two attached hydrogens (primary N) is 1. The number of hydrogen-bond donors (Lipinski definition) is 7. The van der Waals surface area contributed by atoms with Crippen LogP contribution in [0.4, 0.5) is 0 Å². The molecule has 0 aromatic rings. The lowest BCUT2D eigenvalue weighted by molar-refractivity contribution is -0.173. The maximum Gasteiger partial charge on any atom is 0.252 e. The topological polar surface area (TPSA) is 340 Å². The van der Waals surface area contributed by atoms with Crippen molar-refractivity contribution in [1.29, 1.82) is 0 Å². The van der Waals surface area contributed by atoms with Gasteiger partial charge in [0.2, 0.25) is 41.4 Å². The Morgan fingerprint density at radius 2 is 1.30 bits per heavy atom. The van der Waals surface area contributed by atoms with Crippen molar-refractivity contribution in [2.75, 3.05) is 81.2 Å². The lowest BCUT2D eigenvalue weighted by Gasteiger charge is -2.42. The van der Waals surface area contributed by atoms with E-state index in [1.54, 1.807) is 20.8 Å². The summed E-state index contributed by atoms with van der Waals surface area (Å²) in [6.45, 7) is 28.9. The molecule has 14 atom stereocenters. The monoisotopic (exact) mass is 1280 g/mol. The van der Waals surface area contributed by atoms with Crippen LogP contribution in [0.3, 0.4) is 0 Å². The molecule has 0 spiro atoms. The van der Waals surface area contributed by atoms with E-state index in [9.17, 15) is 63.0 Å². The van der Waals surface area contributed by atoms with Crippen LogP contribution in [0, 0.1) is 41.4 Å². The molecule has 0 aromatic heterocycles. The van der Waals surface area contributed by atoms with Crippen LogP contribution in [0.2, 0.25) is 0 Å². The quantitative estimate of drug-likeness (QED) is 0.0336. The summed E-state index contributed by atoms with van der Waals surface area (Å²) in [5, 5.41) is 33.9. The summed E-state index contributed by atoms with van der Waals surface area (Å²) in [4.78, 5) is 159. The van der Waals surface area contributed by atoms with Gasteiger partial charge in [-0.2, -0.15) is 0 Å². The first-order valence-electron chi connectivity index (χ1n) is 32.3. The molecule has 1 saturated heterocycles. The smallest absolute Gasteiger partial charge is 0.252 e. The van der Waals surface area contributed by atoms with Crippen LogP contribution in [0.15, 0.2) is 0 Å². The molecule has 90 heavy (non-hydrogen) atoms. The minimum atomic E-state index is -1.98.